The van der Waals surface area contributed by atoms with E-state index in [-0.39, 0.29) is 36.0 Å². The smallest absolute Gasteiger partial charge is 0.409 e. The van der Waals surface area contributed by atoms with Gasteiger partial charge in [-0.05, 0) is 12.5 Å². The van der Waals surface area contributed by atoms with Gasteiger partial charge in [0.15, 0.2) is 5.96 Å². The van der Waals surface area contributed by atoms with Gasteiger partial charge in [-0.15, -0.1) is 24.0 Å². The van der Waals surface area contributed by atoms with Gasteiger partial charge in [0.25, 0.3) is 0 Å². The summed E-state index contributed by atoms with van der Waals surface area (Å²) in [6.45, 7) is 5.77. The van der Waals surface area contributed by atoms with Crippen LogP contribution in [0, 0.1) is 0 Å². The Bertz CT molecular complexity index is 634. The zero-order valence-corrected chi connectivity index (χ0v) is 18.8. The van der Waals surface area contributed by atoms with Gasteiger partial charge in [0.05, 0.1) is 6.61 Å². The van der Waals surface area contributed by atoms with Crippen LogP contribution in [0.1, 0.15) is 18.9 Å². The van der Waals surface area contributed by atoms with Gasteiger partial charge < -0.3 is 25.2 Å². The highest BCUT2D eigenvalue weighted by Gasteiger charge is 2.23. The summed E-state index contributed by atoms with van der Waals surface area (Å²) in [6, 6.07) is 9.82. The fourth-order valence-corrected chi connectivity index (χ4v) is 2.82. The van der Waals surface area contributed by atoms with E-state index in [4.69, 9.17) is 4.74 Å². The van der Waals surface area contributed by atoms with Crippen LogP contribution >= 0.6 is 24.0 Å². The van der Waals surface area contributed by atoms with E-state index in [9.17, 15) is 9.59 Å². The molecular formula is C19H30IN5O3. The van der Waals surface area contributed by atoms with Gasteiger partial charge in [-0.3, -0.25) is 9.79 Å². The predicted octanol–water partition coefficient (Wildman–Crippen LogP) is 1.66. The van der Waals surface area contributed by atoms with Crippen molar-refractivity contribution >= 4 is 41.9 Å². The number of halogens is 1. The Morgan fingerprint density at radius 2 is 1.71 bits per heavy atom. The molecule has 0 spiro atoms. The van der Waals surface area contributed by atoms with Crippen LogP contribution in [0.3, 0.4) is 0 Å². The normalized spacial score (nSPS) is 14.1. The lowest BCUT2D eigenvalue weighted by Gasteiger charge is -2.35. The molecule has 0 bridgehead atoms. The number of amides is 2. The van der Waals surface area contributed by atoms with Crippen molar-refractivity contribution in [3.63, 3.8) is 0 Å². The highest BCUT2D eigenvalue weighted by molar-refractivity contribution is 14.0. The van der Waals surface area contributed by atoms with Crippen LogP contribution in [0.5, 0.6) is 0 Å². The molecule has 156 valence electrons. The van der Waals surface area contributed by atoms with Crippen molar-refractivity contribution in [3.8, 4) is 0 Å². The second-order valence-corrected chi connectivity index (χ2v) is 6.16. The monoisotopic (exact) mass is 503 g/mol. The van der Waals surface area contributed by atoms with E-state index in [2.05, 4.69) is 20.5 Å². The number of hydrogen-bond donors (Lipinski definition) is 2. The Hall–Kier alpha value is -2.04. The van der Waals surface area contributed by atoms with Gasteiger partial charge in [-0.1, -0.05) is 30.3 Å². The van der Waals surface area contributed by atoms with Gasteiger partial charge in [-0.25, -0.2) is 4.79 Å². The van der Waals surface area contributed by atoms with Gasteiger partial charge in [0.2, 0.25) is 5.91 Å². The number of guanidine groups is 1. The molecule has 0 radical (unpaired) electrons. The minimum atomic E-state index is -0.268. The van der Waals surface area contributed by atoms with E-state index in [0.29, 0.717) is 52.3 Å². The van der Waals surface area contributed by atoms with Crippen LogP contribution in [0.2, 0.25) is 0 Å². The summed E-state index contributed by atoms with van der Waals surface area (Å²) in [6.07, 6.45) is 0.101. The van der Waals surface area contributed by atoms with Crippen LogP contribution in [0.15, 0.2) is 35.3 Å². The number of aliphatic imine (C=N–C) groups is 1. The first-order valence-electron chi connectivity index (χ1n) is 9.32. The summed E-state index contributed by atoms with van der Waals surface area (Å²) in [7, 11) is 1.72. The quantitative estimate of drug-likeness (QED) is 0.351. The lowest BCUT2D eigenvalue weighted by molar-refractivity contribution is -0.121. The maximum Gasteiger partial charge on any atom is 0.409 e. The number of carbonyl (C=O) groups excluding carboxylic acids is 2. The highest BCUT2D eigenvalue weighted by Crippen LogP contribution is 2.04. The van der Waals surface area contributed by atoms with E-state index in [1.807, 2.05) is 30.3 Å². The summed E-state index contributed by atoms with van der Waals surface area (Å²) in [5.41, 5.74) is 1.08. The van der Waals surface area contributed by atoms with Crippen molar-refractivity contribution in [1.82, 2.24) is 20.4 Å². The van der Waals surface area contributed by atoms with E-state index >= 15 is 0 Å². The molecule has 2 N–H and O–H groups in total. The molecule has 8 nitrogen and oxygen atoms in total. The summed E-state index contributed by atoms with van der Waals surface area (Å²) >= 11 is 0. The molecule has 0 atom stereocenters. The summed E-state index contributed by atoms with van der Waals surface area (Å²) < 4.78 is 5.03. The second kappa shape index (κ2) is 13.2. The Kier molecular flexibility index (Phi) is 11.3. The second-order valence-electron chi connectivity index (χ2n) is 6.16. The molecule has 1 aliphatic rings. The first-order chi connectivity index (χ1) is 13.1. The number of nitrogens with zero attached hydrogens (tertiary/aromatic N) is 3. The number of hydrogen-bond acceptors (Lipinski definition) is 4. The first kappa shape index (κ1) is 24.0. The van der Waals surface area contributed by atoms with Crippen molar-refractivity contribution in [1.29, 1.82) is 0 Å². The average molecular weight is 503 g/mol. The topological polar surface area (TPSA) is 86.3 Å². The van der Waals surface area contributed by atoms with Crippen molar-refractivity contribution < 1.29 is 14.3 Å². The maximum absolute atomic E-state index is 12.0. The Morgan fingerprint density at radius 3 is 2.32 bits per heavy atom. The minimum Gasteiger partial charge on any atom is -0.450 e. The van der Waals surface area contributed by atoms with Gasteiger partial charge in [-0.2, -0.15) is 0 Å². The van der Waals surface area contributed by atoms with E-state index < -0.39 is 0 Å². The molecule has 0 unspecified atom stereocenters. The van der Waals surface area contributed by atoms with Gasteiger partial charge in [0, 0.05) is 52.7 Å². The molecule has 0 aromatic heterocycles. The maximum atomic E-state index is 12.0. The molecule has 1 aliphatic heterocycles. The fraction of sp³-hybridized carbons (Fsp3) is 0.526. The number of benzene rings is 1. The molecule has 2 rings (SSSR count). The van der Waals surface area contributed by atoms with Crippen LogP contribution in [0.25, 0.3) is 0 Å². The summed E-state index contributed by atoms with van der Waals surface area (Å²) in [4.78, 5) is 31.8. The largest absolute Gasteiger partial charge is 0.450 e. The molecule has 1 aromatic carbocycles. The molecule has 1 heterocycles. The number of nitrogens with one attached hydrogen (secondary N) is 2. The van der Waals surface area contributed by atoms with Crippen LogP contribution < -0.4 is 10.6 Å². The molecule has 2 amide bonds. The molecule has 0 saturated carbocycles. The van der Waals surface area contributed by atoms with Gasteiger partial charge in [0.1, 0.15) is 0 Å². The Labute approximate surface area is 183 Å². The van der Waals surface area contributed by atoms with Gasteiger partial charge >= 0.3 is 6.09 Å². The lowest BCUT2D eigenvalue weighted by atomic mass is 10.2. The highest BCUT2D eigenvalue weighted by atomic mass is 127. The molecule has 9 heteroatoms. The zero-order chi connectivity index (χ0) is 19.5. The number of ether oxygens (including phenoxy) is 1. The molecule has 1 fully saturated rings. The van der Waals surface area contributed by atoms with E-state index in [0.717, 1.165) is 11.5 Å². The predicted molar refractivity (Wildman–Crippen MR) is 120 cm³/mol. The molecule has 0 aliphatic carbocycles. The van der Waals surface area contributed by atoms with Crippen LogP contribution in [0.4, 0.5) is 4.79 Å². The SMILES string of the molecule is CCOC(=O)N1CCN(C(=NC)NCCC(=O)NCc2ccccc2)CC1.I. The van der Waals surface area contributed by atoms with Crippen molar-refractivity contribution in [3.05, 3.63) is 35.9 Å². The minimum absolute atomic E-state index is 0. The van der Waals surface area contributed by atoms with Crippen molar-refractivity contribution in [2.75, 3.05) is 46.4 Å². The Balaban J connectivity index is 0.00000392. The van der Waals surface area contributed by atoms with Crippen LogP contribution in [-0.4, -0.2) is 74.1 Å². The molecule has 1 saturated heterocycles. The third-order valence-corrected chi connectivity index (χ3v) is 4.28. The molecular weight excluding hydrogens is 473 g/mol. The Morgan fingerprint density at radius 1 is 1.07 bits per heavy atom. The molecule has 1 aromatic rings. The lowest BCUT2D eigenvalue weighted by Crippen LogP contribution is -2.54. The van der Waals surface area contributed by atoms with Crippen LogP contribution in [-0.2, 0) is 16.1 Å². The van der Waals surface area contributed by atoms with E-state index in [1.165, 1.54) is 0 Å². The number of piperazine rings is 1. The van der Waals surface area contributed by atoms with Crippen molar-refractivity contribution in [2.24, 2.45) is 4.99 Å². The average Bonchev–Trinajstić information content (AvgIpc) is 2.71. The number of rotatable bonds is 6. The molecule has 28 heavy (non-hydrogen) atoms. The number of carbonyl (C=O) groups is 2. The fourth-order valence-electron chi connectivity index (χ4n) is 2.82. The third-order valence-electron chi connectivity index (χ3n) is 4.28. The summed E-state index contributed by atoms with van der Waals surface area (Å²) in [5.74, 6) is 0.739. The third kappa shape index (κ3) is 7.91. The zero-order valence-electron chi connectivity index (χ0n) is 16.5. The van der Waals surface area contributed by atoms with E-state index in [1.54, 1.807) is 18.9 Å². The van der Waals surface area contributed by atoms with Crippen molar-refractivity contribution in [2.45, 2.75) is 19.9 Å². The summed E-state index contributed by atoms with van der Waals surface area (Å²) in [5, 5.41) is 6.13. The standard InChI is InChI=1S/C19H29N5O3.HI/c1-3-27-19(26)24-13-11-23(12-14-24)18(20-2)21-10-9-17(25)22-15-16-7-5-4-6-8-16;/h4-8H,3,9-15H2,1-2H3,(H,20,21)(H,22,25);1H. The first-order valence-corrected chi connectivity index (χ1v) is 9.32.